The molecule has 0 aromatic rings. The van der Waals surface area contributed by atoms with Gasteiger partial charge in [-0.05, 0) is 12.2 Å². The lowest BCUT2D eigenvalue weighted by atomic mass is 10.4. The summed E-state index contributed by atoms with van der Waals surface area (Å²) in [7, 11) is 0. The second kappa shape index (κ2) is 2.91. The van der Waals surface area contributed by atoms with Crippen LogP contribution < -0.4 is 5.32 Å². The van der Waals surface area contributed by atoms with Crippen molar-refractivity contribution in [2.45, 2.75) is 0 Å². The quantitative estimate of drug-likeness (QED) is 0.564. The van der Waals surface area contributed by atoms with Gasteiger partial charge in [0.05, 0.1) is 12.0 Å². The monoisotopic (exact) mass is 141 g/mol. The van der Waals surface area contributed by atoms with Gasteiger partial charge < -0.3 is 9.84 Å². The number of amides is 1. The molecule has 2 N–H and O–H groups in total. The van der Waals surface area contributed by atoms with Crippen LogP contribution in [0.4, 0.5) is 4.79 Å². The molecule has 0 bridgehead atoms. The van der Waals surface area contributed by atoms with E-state index in [1.807, 2.05) is 0 Å². The smallest absolute Gasteiger partial charge is 0.409 e. The van der Waals surface area contributed by atoms with Crippen LogP contribution in [0.5, 0.6) is 0 Å². The van der Waals surface area contributed by atoms with Crippen molar-refractivity contribution in [3.8, 4) is 0 Å². The van der Waals surface area contributed by atoms with Gasteiger partial charge in [-0.2, -0.15) is 0 Å². The molecule has 1 rings (SSSR count). The van der Waals surface area contributed by atoms with Crippen LogP contribution in [0.3, 0.4) is 0 Å². The number of carbonyl (C=O) groups is 1. The number of nitrogens with one attached hydrogen (secondary N) is 1. The first-order valence-electron chi connectivity index (χ1n) is 2.76. The second-order valence-corrected chi connectivity index (χ2v) is 1.76. The number of carboxylic acid groups (broad SMARTS) is 1. The number of rotatable bonds is 1. The molecule has 0 aromatic heterocycles. The Kier molecular flexibility index (Phi) is 1.94. The van der Waals surface area contributed by atoms with E-state index >= 15 is 0 Å². The summed E-state index contributed by atoms with van der Waals surface area (Å²) in [5.41, 5.74) is 0.551. The molecule has 1 aliphatic rings. The lowest BCUT2D eigenvalue weighted by Crippen LogP contribution is -2.23. The average molecular weight is 141 g/mol. The summed E-state index contributed by atoms with van der Waals surface area (Å²) in [6.07, 6.45) is 3.73. The summed E-state index contributed by atoms with van der Waals surface area (Å²) in [5, 5.41) is 10.4. The summed E-state index contributed by atoms with van der Waals surface area (Å²) in [6, 6.07) is 0. The predicted octanol–water partition coefficient (Wildman–Crippen LogP) is 0.682. The molecule has 1 aliphatic heterocycles. The van der Waals surface area contributed by atoms with Gasteiger partial charge in [0.1, 0.15) is 6.61 Å². The first kappa shape index (κ1) is 6.67. The highest BCUT2D eigenvalue weighted by Crippen LogP contribution is 1.98. The van der Waals surface area contributed by atoms with Crippen molar-refractivity contribution in [3.05, 3.63) is 24.1 Å². The molecule has 0 saturated heterocycles. The molecule has 0 radical (unpaired) electrons. The maximum atomic E-state index is 10.0. The van der Waals surface area contributed by atoms with Gasteiger partial charge in [-0.25, -0.2) is 4.79 Å². The van der Waals surface area contributed by atoms with Crippen molar-refractivity contribution in [1.82, 2.24) is 5.32 Å². The summed E-state index contributed by atoms with van der Waals surface area (Å²) in [6.45, 7) is 0.294. The largest absolute Gasteiger partial charge is 0.495 e. The fourth-order valence-corrected chi connectivity index (χ4v) is 0.612. The topological polar surface area (TPSA) is 58.6 Å². The third-order valence-electron chi connectivity index (χ3n) is 0.979. The molecule has 0 aliphatic carbocycles. The van der Waals surface area contributed by atoms with Crippen LogP contribution in [0.25, 0.3) is 0 Å². The lowest BCUT2D eigenvalue weighted by Gasteiger charge is -2.08. The van der Waals surface area contributed by atoms with E-state index in [-0.39, 0.29) is 0 Å². The van der Waals surface area contributed by atoms with Gasteiger partial charge in [-0.15, -0.1) is 0 Å². The van der Waals surface area contributed by atoms with Gasteiger partial charge in [0.2, 0.25) is 0 Å². The molecular formula is C6H7NO3. The summed E-state index contributed by atoms with van der Waals surface area (Å²) >= 11 is 0. The third-order valence-corrected chi connectivity index (χ3v) is 0.979. The number of hydrogen-bond donors (Lipinski definition) is 2. The molecular weight excluding hydrogens is 134 g/mol. The first-order chi connectivity index (χ1) is 4.79. The number of allylic oxidation sites excluding steroid dienone is 2. The fourth-order valence-electron chi connectivity index (χ4n) is 0.612. The van der Waals surface area contributed by atoms with Gasteiger partial charge in [0, 0.05) is 0 Å². The molecule has 0 aromatic carbocycles. The zero-order chi connectivity index (χ0) is 7.40. The SMILES string of the molecule is O=C(O)NC1=CC=COC1. The van der Waals surface area contributed by atoms with E-state index in [1.165, 1.54) is 6.26 Å². The van der Waals surface area contributed by atoms with E-state index in [2.05, 4.69) is 5.32 Å². The van der Waals surface area contributed by atoms with Crippen molar-refractivity contribution >= 4 is 6.09 Å². The maximum Gasteiger partial charge on any atom is 0.409 e. The van der Waals surface area contributed by atoms with E-state index in [9.17, 15) is 4.79 Å². The Morgan fingerprint density at radius 3 is 3.10 bits per heavy atom. The second-order valence-electron chi connectivity index (χ2n) is 1.76. The number of ether oxygens (including phenoxy) is 1. The molecule has 0 atom stereocenters. The van der Waals surface area contributed by atoms with E-state index in [4.69, 9.17) is 9.84 Å². The zero-order valence-electron chi connectivity index (χ0n) is 5.20. The van der Waals surface area contributed by atoms with E-state index in [0.717, 1.165) is 0 Å². The van der Waals surface area contributed by atoms with E-state index in [0.29, 0.717) is 12.3 Å². The lowest BCUT2D eigenvalue weighted by molar-refractivity contribution is 0.193. The Balaban J connectivity index is 2.47. The van der Waals surface area contributed by atoms with Crippen LogP contribution in [0.2, 0.25) is 0 Å². The number of hydrogen-bond acceptors (Lipinski definition) is 2. The van der Waals surface area contributed by atoms with Crippen LogP contribution in [0, 0.1) is 0 Å². The average Bonchev–Trinajstić information content (AvgIpc) is 1.88. The Labute approximate surface area is 57.8 Å². The maximum absolute atomic E-state index is 10.0. The van der Waals surface area contributed by atoms with Crippen molar-refractivity contribution in [1.29, 1.82) is 0 Å². The van der Waals surface area contributed by atoms with Crippen LogP contribution in [0.1, 0.15) is 0 Å². The Bertz CT molecular complexity index is 195. The molecule has 4 nitrogen and oxygen atoms in total. The minimum absolute atomic E-state index is 0.294. The highest BCUT2D eigenvalue weighted by atomic mass is 16.5. The van der Waals surface area contributed by atoms with E-state index in [1.54, 1.807) is 12.2 Å². The summed E-state index contributed by atoms with van der Waals surface area (Å²) in [5.74, 6) is 0. The van der Waals surface area contributed by atoms with Crippen molar-refractivity contribution in [3.63, 3.8) is 0 Å². The molecule has 0 saturated carbocycles. The Morgan fingerprint density at radius 1 is 1.80 bits per heavy atom. The van der Waals surface area contributed by atoms with Gasteiger partial charge in [-0.3, -0.25) is 5.32 Å². The highest BCUT2D eigenvalue weighted by Gasteiger charge is 2.01. The van der Waals surface area contributed by atoms with Crippen molar-refractivity contribution < 1.29 is 14.6 Å². The normalized spacial score (nSPS) is 15.4. The fraction of sp³-hybridized carbons (Fsp3) is 0.167. The van der Waals surface area contributed by atoms with Crippen LogP contribution in [0.15, 0.2) is 24.1 Å². The minimum Gasteiger partial charge on any atom is -0.495 e. The van der Waals surface area contributed by atoms with Crippen LogP contribution in [-0.4, -0.2) is 17.8 Å². The van der Waals surface area contributed by atoms with Crippen molar-refractivity contribution in [2.75, 3.05) is 6.61 Å². The molecule has 1 amide bonds. The molecule has 1 heterocycles. The third kappa shape index (κ3) is 1.81. The molecule has 54 valence electrons. The summed E-state index contributed by atoms with van der Waals surface area (Å²) in [4.78, 5) is 10.0. The molecule has 0 fully saturated rings. The van der Waals surface area contributed by atoms with Crippen LogP contribution in [-0.2, 0) is 4.74 Å². The zero-order valence-corrected chi connectivity index (χ0v) is 5.20. The van der Waals surface area contributed by atoms with Gasteiger partial charge >= 0.3 is 6.09 Å². The van der Waals surface area contributed by atoms with Crippen LogP contribution >= 0.6 is 0 Å². The van der Waals surface area contributed by atoms with E-state index < -0.39 is 6.09 Å². The summed E-state index contributed by atoms with van der Waals surface area (Å²) < 4.78 is 4.81. The minimum atomic E-state index is -1.06. The first-order valence-corrected chi connectivity index (χ1v) is 2.76. The standard InChI is InChI=1S/C6H7NO3/c8-6(9)7-5-2-1-3-10-4-5/h1-3,7H,4H2,(H,8,9). The Hall–Kier alpha value is -1.45. The van der Waals surface area contributed by atoms with Gasteiger partial charge in [0.15, 0.2) is 0 Å². The van der Waals surface area contributed by atoms with Crippen molar-refractivity contribution in [2.24, 2.45) is 0 Å². The highest BCUT2D eigenvalue weighted by molar-refractivity contribution is 5.67. The molecule has 4 heteroatoms. The molecule has 0 spiro atoms. The molecule has 10 heavy (non-hydrogen) atoms. The van der Waals surface area contributed by atoms with Gasteiger partial charge in [0.25, 0.3) is 0 Å². The van der Waals surface area contributed by atoms with Gasteiger partial charge in [-0.1, -0.05) is 0 Å². The Morgan fingerprint density at radius 2 is 2.60 bits per heavy atom. The predicted molar refractivity (Wildman–Crippen MR) is 34.3 cm³/mol. The molecule has 0 unspecified atom stereocenters.